The first-order valence-corrected chi connectivity index (χ1v) is 6.10. The zero-order valence-corrected chi connectivity index (χ0v) is 10.8. The van der Waals surface area contributed by atoms with E-state index >= 15 is 0 Å². The Morgan fingerprint density at radius 2 is 1.94 bits per heavy atom. The van der Waals surface area contributed by atoms with Gasteiger partial charge in [-0.1, -0.05) is 26.0 Å². The summed E-state index contributed by atoms with van der Waals surface area (Å²) in [4.78, 5) is 0. The highest BCUT2D eigenvalue weighted by Gasteiger charge is 2.50. The smallest absolute Gasteiger partial charge is 0.313 e. The summed E-state index contributed by atoms with van der Waals surface area (Å²) >= 11 is 0. The lowest BCUT2D eigenvalue weighted by molar-refractivity contribution is -0.137. The first-order chi connectivity index (χ1) is 8.25. The van der Waals surface area contributed by atoms with Gasteiger partial charge in [-0.3, -0.25) is 0 Å². The number of halogens is 3. The van der Waals surface area contributed by atoms with E-state index in [0.29, 0.717) is 5.92 Å². The van der Waals surface area contributed by atoms with E-state index in [4.69, 9.17) is 0 Å². The van der Waals surface area contributed by atoms with Crippen LogP contribution in [0.2, 0.25) is 0 Å². The first-order valence-electron chi connectivity index (χ1n) is 6.10. The van der Waals surface area contributed by atoms with Crippen LogP contribution in [0.15, 0.2) is 24.3 Å². The molecule has 0 bridgehead atoms. The fourth-order valence-corrected chi connectivity index (χ4v) is 2.59. The molecule has 1 aliphatic carbocycles. The summed E-state index contributed by atoms with van der Waals surface area (Å²) in [7, 11) is 1.80. The molecule has 0 spiro atoms. The van der Waals surface area contributed by atoms with Crippen LogP contribution in [0.1, 0.15) is 37.4 Å². The number of hydrogen-bond donors (Lipinski definition) is 1. The Hall–Kier alpha value is -1.03. The van der Waals surface area contributed by atoms with Crippen LogP contribution >= 0.6 is 0 Å². The van der Waals surface area contributed by atoms with E-state index in [9.17, 15) is 13.2 Å². The summed E-state index contributed by atoms with van der Waals surface area (Å²) in [5, 5.41) is 3.15. The van der Waals surface area contributed by atoms with Crippen LogP contribution < -0.4 is 5.32 Å². The molecule has 1 N–H and O–H groups in total. The molecule has 0 amide bonds. The second-order valence-corrected chi connectivity index (χ2v) is 5.69. The van der Waals surface area contributed by atoms with E-state index in [1.165, 1.54) is 12.1 Å². The Balaban J connectivity index is 2.27. The second kappa shape index (κ2) is 4.26. The minimum Gasteiger partial charge on any atom is -0.313 e. The van der Waals surface area contributed by atoms with Gasteiger partial charge in [0.05, 0.1) is 5.56 Å². The van der Waals surface area contributed by atoms with Gasteiger partial charge in [-0.15, -0.1) is 0 Å². The van der Waals surface area contributed by atoms with E-state index in [0.717, 1.165) is 18.1 Å². The van der Waals surface area contributed by atoms with Gasteiger partial charge in [0.1, 0.15) is 0 Å². The fourth-order valence-electron chi connectivity index (χ4n) is 2.59. The van der Waals surface area contributed by atoms with Crippen LogP contribution in [-0.2, 0) is 6.18 Å². The molecule has 18 heavy (non-hydrogen) atoms. The second-order valence-electron chi connectivity index (χ2n) is 5.69. The lowest BCUT2D eigenvalue weighted by atomic mass is 9.96. The monoisotopic (exact) mass is 257 g/mol. The van der Waals surface area contributed by atoms with Crippen molar-refractivity contribution < 1.29 is 13.2 Å². The van der Waals surface area contributed by atoms with Crippen molar-refractivity contribution in [3.63, 3.8) is 0 Å². The molecule has 100 valence electrons. The van der Waals surface area contributed by atoms with Crippen LogP contribution in [-0.4, -0.2) is 7.05 Å². The molecule has 4 heteroatoms. The highest BCUT2D eigenvalue weighted by molar-refractivity contribution is 5.30. The molecule has 1 aliphatic rings. The molecule has 1 nitrogen and oxygen atoms in total. The van der Waals surface area contributed by atoms with Gasteiger partial charge in [0.2, 0.25) is 0 Å². The Morgan fingerprint density at radius 3 is 2.39 bits per heavy atom. The number of benzene rings is 1. The van der Waals surface area contributed by atoms with Gasteiger partial charge in [0, 0.05) is 6.04 Å². The maximum atomic E-state index is 12.7. The lowest BCUT2D eigenvalue weighted by Gasteiger charge is -2.19. The molecule has 0 aromatic heterocycles. The molecule has 2 atom stereocenters. The lowest BCUT2D eigenvalue weighted by Crippen LogP contribution is -2.21. The average molecular weight is 257 g/mol. The van der Waals surface area contributed by atoms with Crippen LogP contribution in [0.25, 0.3) is 0 Å². The zero-order chi connectivity index (χ0) is 13.6. The van der Waals surface area contributed by atoms with Gasteiger partial charge >= 0.3 is 6.18 Å². The molecule has 0 heterocycles. The van der Waals surface area contributed by atoms with Crippen molar-refractivity contribution in [3.8, 4) is 0 Å². The molecule has 1 aromatic rings. The van der Waals surface area contributed by atoms with Crippen molar-refractivity contribution in [3.05, 3.63) is 35.4 Å². The average Bonchev–Trinajstić information content (AvgIpc) is 2.88. The molecule has 2 unspecified atom stereocenters. The molecular weight excluding hydrogens is 239 g/mol. The largest absolute Gasteiger partial charge is 0.416 e. The summed E-state index contributed by atoms with van der Waals surface area (Å²) in [6.45, 7) is 4.30. The van der Waals surface area contributed by atoms with Crippen LogP contribution in [0.5, 0.6) is 0 Å². The Kier molecular flexibility index (Phi) is 3.18. The fraction of sp³-hybridized carbons (Fsp3) is 0.571. The number of nitrogens with one attached hydrogen (secondary N) is 1. The molecule has 1 fully saturated rings. The van der Waals surface area contributed by atoms with Gasteiger partial charge in [-0.25, -0.2) is 0 Å². The van der Waals surface area contributed by atoms with Crippen molar-refractivity contribution in [1.29, 1.82) is 0 Å². The minimum absolute atomic E-state index is 0.00213. The van der Waals surface area contributed by atoms with Gasteiger partial charge in [0.15, 0.2) is 0 Å². The van der Waals surface area contributed by atoms with Crippen molar-refractivity contribution >= 4 is 0 Å². The van der Waals surface area contributed by atoms with E-state index in [1.54, 1.807) is 13.1 Å². The third-order valence-electron chi connectivity index (χ3n) is 3.88. The van der Waals surface area contributed by atoms with Crippen molar-refractivity contribution in [2.75, 3.05) is 7.05 Å². The van der Waals surface area contributed by atoms with Crippen LogP contribution in [0, 0.1) is 11.3 Å². The number of rotatable bonds is 3. The van der Waals surface area contributed by atoms with Crippen LogP contribution in [0.3, 0.4) is 0 Å². The summed E-state index contributed by atoms with van der Waals surface area (Å²) < 4.78 is 38.1. The van der Waals surface area contributed by atoms with Gasteiger partial charge < -0.3 is 5.32 Å². The van der Waals surface area contributed by atoms with E-state index in [2.05, 4.69) is 19.2 Å². The van der Waals surface area contributed by atoms with Crippen molar-refractivity contribution in [2.45, 2.75) is 32.5 Å². The standard InChI is InChI=1S/C14H18F3N/c1-13(2)8-11(13)12(18-3)9-5-4-6-10(7-9)14(15,16)17/h4-7,11-12,18H,8H2,1-3H3. The predicted octanol–water partition coefficient (Wildman–Crippen LogP) is 4.01. The predicted molar refractivity (Wildman–Crippen MR) is 65.1 cm³/mol. The number of alkyl halides is 3. The normalized spacial score (nSPS) is 23.8. The molecule has 0 saturated heterocycles. The molecule has 1 saturated carbocycles. The van der Waals surface area contributed by atoms with Gasteiger partial charge in [-0.05, 0) is 42.5 Å². The minimum atomic E-state index is -4.27. The molecule has 0 aliphatic heterocycles. The Labute approximate surface area is 105 Å². The van der Waals surface area contributed by atoms with E-state index in [-0.39, 0.29) is 11.5 Å². The molecule has 2 rings (SSSR count). The van der Waals surface area contributed by atoms with E-state index < -0.39 is 11.7 Å². The van der Waals surface area contributed by atoms with Gasteiger partial charge in [0.25, 0.3) is 0 Å². The quantitative estimate of drug-likeness (QED) is 0.862. The SMILES string of the molecule is CNC(c1cccc(C(F)(F)F)c1)C1CC1(C)C. The maximum Gasteiger partial charge on any atom is 0.416 e. The summed E-state index contributed by atoms with van der Waals surface area (Å²) in [5.41, 5.74) is 0.378. The summed E-state index contributed by atoms with van der Waals surface area (Å²) in [5.74, 6) is 0.408. The maximum absolute atomic E-state index is 12.7. The molecule has 1 aromatic carbocycles. The summed E-state index contributed by atoms with van der Waals surface area (Å²) in [6.07, 6.45) is -3.22. The third kappa shape index (κ3) is 2.53. The Morgan fingerprint density at radius 1 is 1.33 bits per heavy atom. The third-order valence-corrected chi connectivity index (χ3v) is 3.88. The van der Waals surface area contributed by atoms with Crippen LogP contribution in [0.4, 0.5) is 13.2 Å². The van der Waals surface area contributed by atoms with Crippen molar-refractivity contribution in [1.82, 2.24) is 5.32 Å². The zero-order valence-electron chi connectivity index (χ0n) is 10.8. The highest BCUT2D eigenvalue weighted by Crippen LogP contribution is 2.57. The Bertz CT molecular complexity index is 437. The topological polar surface area (TPSA) is 12.0 Å². The first kappa shape index (κ1) is 13.4. The highest BCUT2D eigenvalue weighted by atomic mass is 19.4. The van der Waals surface area contributed by atoms with Gasteiger partial charge in [-0.2, -0.15) is 13.2 Å². The summed E-state index contributed by atoms with van der Waals surface area (Å²) in [6, 6.07) is 5.63. The van der Waals surface area contributed by atoms with Crippen molar-refractivity contribution in [2.24, 2.45) is 11.3 Å². The molecular formula is C14H18F3N. The van der Waals surface area contributed by atoms with E-state index in [1.807, 2.05) is 0 Å². The molecule has 0 radical (unpaired) electrons. The number of hydrogen-bond acceptors (Lipinski definition) is 1.